The van der Waals surface area contributed by atoms with Crippen molar-refractivity contribution in [3.63, 3.8) is 0 Å². The number of hydrogen-bond acceptors (Lipinski definition) is 7. The van der Waals surface area contributed by atoms with Gasteiger partial charge in [0.1, 0.15) is 11.9 Å². The van der Waals surface area contributed by atoms with Crippen LogP contribution in [0.15, 0.2) is 47.3 Å². The molecule has 2 aromatic heterocycles. The lowest BCUT2D eigenvalue weighted by atomic mass is 9.95. The maximum absolute atomic E-state index is 13.4. The summed E-state index contributed by atoms with van der Waals surface area (Å²) in [6.45, 7) is 4.40. The van der Waals surface area contributed by atoms with Gasteiger partial charge in [-0.3, -0.25) is 9.69 Å². The van der Waals surface area contributed by atoms with Crippen LogP contribution in [0.4, 0.5) is 4.39 Å². The molecule has 0 saturated carbocycles. The van der Waals surface area contributed by atoms with Crippen molar-refractivity contribution in [1.29, 1.82) is 0 Å². The summed E-state index contributed by atoms with van der Waals surface area (Å²) < 4.78 is 26.1. The summed E-state index contributed by atoms with van der Waals surface area (Å²) in [6.07, 6.45) is 2.17. The number of aromatic amines is 1. The number of nitrogens with zero attached hydrogens (tertiary/aromatic N) is 5. The second-order valence-corrected chi connectivity index (χ2v) is 9.31. The number of likely N-dealkylation sites (tertiary alicyclic amines) is 1. The number of aromatic nitrogens is 5. The largest absolute Gasteiger partial charge is 0.454 e. The zero-order chi connectivity index (χ0) is 23.9. The van der Waals surface area contributed by atoms with Crippen LogP contribution < -0.4 is 15.0 Å². The van der Waals surface area contributed by atoms with Crippen LogP contribution in [0.3, 0.4) is 0 Å². The molecular formula is C25H25FN6O3. The predicted octanol–water partition coefficient (Wildman–Crippen LogP) is 3.25. The van der Waals surface area contributed by atoms with Crippen LogP contribution in [-0.4, -0.2) is 50.0 Å². The van der Waals surface area contributed by atoms with Gasteiger partial charge in [-0.2, -0.15) is 0 Å². The Morgan fingerprint density at radius 2 is 1.97 bits per heavy atom. The molecule has 1 N–H and O–H groups in total. The minimum Gasteiger partial charge on any atom is -0.454 e. The van der Waals surface area contributed by atoms with Gasteiger partial charge in [0, 0.05) is 23.6 Å². The molecule has 1 saturated heterocycles. The SMILES string of the molecule is C[C@H]1CCCN([C@H](c2cc3cc4c(cc3[nH]c2=O)OCO4)c2nnnn2Cc2ccc(F)cc2)C1. The molecule has 0 amide bonds. The Kier molecular flexibility index (Phi) is 5.44. The van der Waals surface area contributed by atoms with Gasteiger partial charge in [-0.1, -0.05) is 19.1 Å². The average Bonchev–Trinajstić information content (AvgIpc) is 3.49. The smallest absolute Gasteiger partial charge is 0.253 e. The highest BCUT2D eigenvalue weighted by atomic mass is 19.1. The number of pyridine rings is 1. The normalized spacial score (nSPS) is 18.7. The van der Waals surface area contributed by atoms with E-state index < -0.39 is 6.04 Å². The second-order valence-electron chi connectivity index (χ2n) is 9.31. The predicted molar refractivity (Wildman–Crippen MR) is 126 cm³/mol. The summed E-state index contributed by atoms with van der Waals surface area (Å²) in [5.41, 5.74) is 1.92. The van der Waals surface area contributed by atoms with E-state index in [1.165, 1.54) is 12.1 Å². The first-order valence-corrected chi connectivity index (χ1v) is 11.8. The second kappa shape index (κ2) is 8.77. The highest BCUT2D eigenvalue weighted by Crippen LogP contribution is 2.37. The molecule has 2 aromatic carbocycles. The van der Waals surface area contributed by atoms with E-state index in [-0.39, 0.29) is 18.2 Å². The molecule has 2 atom stereocenters. The zero-order valence-corrected chi connectivity index (χ0v) is 19.3. The number of nitrogens with one attached hydrogen (secondary N) is 1. The number of H-pyrrole nitrogens is 1. The van der Waals surface area contributed by atoms with Crippen molar-refractivity contribution in [2.75, 3.05) is 19.9 Å². The van der Waals surface area contributed by atoms with E-state index in [9.17, 15) is 9.18 Å². The van der Waals surface area contributed by atoms with E-state index in [2.05, 4.69) is 32.3 Å². The molecule has 1 fully saturated rings. The molecule has 2 aliphatic rings. The summed E-state index contributed by atoms with van der Waals surface area (Å²) in [4.78, 5) is 18.7. The Morgan fingerprint density at radius 3 is 2.77 bits per heavy atom. The third-order valence-corrected chi connectivity index (χ3v) is 6.76. The average molecular weight is 477 g/mol. The Balaban J connectivity index is 1.46. The molecule has 0 spiro atoms. The first kappa shape index (κ1) is 21.7. The molecule has 0 aliphatic carbocycles. The maximum Gasteiger partial charge on any atom is 0.253 e. The summed E-state index contributed by atoms with van der Waals surface area (Å²) in [7, 11) is 0. The molecule has 4 aromatic rings. The molecular weight excluding hydrogens is 451 g/mol. The number of rotatable bonds is 5. The molecule has 180 valence electrons. The van der Waals surface area contributed by atoms with Crippen molar-refractivity contribution in [2.45, 2.75) is 32.4 Å². The van der Waals surface area contributed by atoms with Gasteiger partial charge >= 0.3 is 0 Å². The Bertz CT molecular complexity index is 1430. The van der Waals surface area contributed by atoms with E-state index >= 15 is 0 Å². The van der Waals surface area contributed by atoms with Crippen molar-refractivity contribution in [1.82, 2.24) is 30.1 Å². The lowest BCUT2D eigenvalue weighted by molar-refractivity contribution is 0.141. The van der Waals surface area contributed by atoms with Gasteiger partial charge in [0.15, 0.2) is 17.3 Å². The van der Waals surface area contributed by atoms with Crippen molar-refractivity contribution in [3.8, 4) is 11.5 Å². The van der Waals surface area contributed by atoms with Crippen molar-refractivity contribution >= 4 is 10.9 Å². The molecule has 35 heavy (non-hydrogen) atoms. The van der Waals surface area contributed by atoms with E-state index in [0.29, 0.717) is 40.9 Å². The van der Waals surface area contributed by atoms with Gasteiger partial charge in [0.25, 0.3) is 5.56 Å². The standard InChI is InChI=1S/C25H25FN6O3/c1-15-3-2-8-31(12-15)23(24-28-29-30-32(24)13-16-4-6-18(26)7-5-16)19-9-17-10-21-22(35-14-34-21)11-20(17)27-25(19)33/h4-7,9-11,15,23H,2-3,8,12-14H2,1H3,(H,27,33)/t15-,23+/m0/s1. The third kappa shape index (κ3) is 4.14. The van der Waals surface area contributed by atoms with Gasteiger partial charge in [0.05, 0.1) is 12.1 Å². The number of benzene rings is 2. The molecule has 6 rings (SSSR count). The molecule has 10 heteroatoms. The molecule has 4 heterocycles. The fourth-order valence-electron chi connectivity index (χ4n) is 5.06. The van der Waals surface area contributed by atoms with Gasteiger partial charge in [0.2, 0.25) is 6.79 Å². The molecule has 0 radical (unpaired) electrons. The fraction of sp³-hybridized carbons (Fsp3) is 0.360. The number of ether oxygens (including phenoxy) is 2. The van der Waals surface area contributed by atoms with E-state index in [1.54, 1.807) is 22.9 Å². The van der Waals surface area contributed by atoms with Gasteiger partial charge < -0.3 is 14.5 Å². The Labute approximate surface area is 200 Å². The molecule has 2 aliphatic heterocycles. The number of piperidine rings is 1. The van der Waals surface area contributed by atoms with Crippen molar-refractivity contribution in [3.05, 3.63) is 75.6 Å². The van der Waals surface area contributed by atoms with Crippen LogP contribution in [0.5, 0.6) is 11.5 Å². The minimum atomic E-state index is -0.438. The Morgan fingerprint density at radius 1 is 1.17 bits per heavy atom. The summed E-state index contributed by atoms with van der Waals surface area (Å²) in [6, 6.07) is 11.4. The monoisotopic (exact) mass is 476 g/mol. The maximum atomic E-state index is 13.4. The lowest BCUT2D eigenvalue weighted by Crippen LogP contribution is -2.41. The van der Waals surface area contributed by atoms with Crippen molar-refractivity contribution < 1.29 is 13.9 Å². The van der Waals surface area contributed by atoms with E-state index in [0.717, 1.165) is 36.9 Å². The van der Waals surface area contributed by atoms with E-state index in [4.69, 9.17) is 9.47 Å². The summed E-state index contributed by atoms with van der Waals surface area (Å²) in [5, 5.41) is 13.4. The van der Waals surface area contributed by atoms with Gasteiger partial charge in [-0.25, -0.2) is 9.07 Å². The van der Waals surface area contributed by atoms with Gasteiger partial charge in [-0.15, -0.1) is 5.10 Å². The van der Waals surface area contributed by atoms with Gasteiger partial charge in [-0.05, 0) is 65.6 Å². The number of tetrazole rings is 1. The number of halogens is 1. The zero-order valence-electron chi connectivity index (χ0n) is 19.3. The Hall–Kier alpha value is -3.79. The van der Waals surface area contributed by atoms with Crippen LogP contribution in [0.2, 0.25) is 0 Å². The quantitative estimate of drug-likeness (QED) is 0.472. The third-order valence-electron chi connectivity index (χ3n) is 6.76. The minimum absolute atomic E-state index is 0.162. The molecule has 0 bridgehead atoms. The lowest BCUT2D eigenvalue weighted by Gasteiger charge is -2.36. The highest BCUT2D eigenvalue weighted by Gasteiger charge is 2.33. The van der Waals surface area contributed by atoms with E-state index in [1.807, 2.05) is 12.1 Å². The van der Waals surface area contributed by atoms with Crippen LogP contribution in [0.25, 0.3) is 10.9 Å². The first-order chi connectivity index (χ1) is 17.0. The fourth-order valence-corrected chi connectivity index (χ4v) is 5.06. The van der Waals surface area contributed by atoms with Crippen LogP contribution in [0.1, 0.15) is 42.8 Å². The molecule has 0 unspecified atom stereocenters. The summed E-state index contributed by atoms with van der Waals surface area (Å²) in [5.74, 6) is 2.04. The highest BCUT2D eigenvalue weighted by molar-refractivity contribution is 5.83. The number of fused-ring (bicyclic) bond motifs is 2. The summed E-state index contributed by atoms with van der Waals surface area (Å²) >= 11 is 0. The van der Waals surface area contributed by atoms with Crippen LogP contribution in [-0.2, 0) is 6.54 Å². The van der Waals surface area contributed by atoms with Crippen LogP contribution >= 0.6 is 0 Å². The number of hydrogen-bond donors (Lipinski definition) is 1. The topological polar surface area (TPSA) is 98.2 Å². The molecule has 9 nitrogen and oxygen atoms in total. The first-order valence-electron chi connectivity index (χ1n) is 11.8. The van der Waals surface area contributed by atoms with Crippen molar-refractivity contribution in [2.24, 2.45) is 5.92 Å². The van der Waals surface area contributed by atoms with Crippen LogP contribution in [0, 0.1) is 11.7 Å².